The Hall–Kier alpha value is -3.98. The molecule has 0 aliphatic rings. The lowest BCUT2D eigenvalue weighted by Gasteiger charge is -2.09. The Kier molecular flexibility index (Phi) is 6.00. The number of aromatic nitrogens is 1. The van der Waals surface area contributed by atoms with Crippen molar-refractivity contribution in [3.8, 4) is 6.07 Å². The maximum atomic E-state index is 12.5. The SMILES string of the molecule is CC(C)c1ccc(NC(=O)c2cccc(C(=O)Nc3ccccc3C#N)n2)cc1. The molecule has 0 saturated heterocycles. The molecule has 144 valence electrons. The summed E-state index contributed by atoms with van der Waals surface area (Å²) in [7, 11) is 0. The molecule has 6 heteroatoms. The second-order valence-electron chi connectivity index (χ2n) is 6.75. The van der Waals surface area contributed by atoms with E-state index in [4.69, 9.17) is 5.26 Å². The van der Waals surface area contributed by atoms with Crippen molar-refractivity contribution in [3.05, 3.63) is 89.2 Å². The monoisotopic (exact) mass is 384 g/mol. The van der Waals surface area contributed by atoms with E-state index < -0.39 is 11.8 Å². The average molecular weight is 384 g/mol. The highest BCUT2D eigenvalue weighted by Crippen LogP contribution is 2.18. The first kappa shape index (κ1) is 19.8. The first-order chi connectivity index (χ1) is 14.0. The van der Waals surface area contributed by atoms with E-state index in [1.54, 1.807) is 30.3 Å². The van der Waals surface area contributed by atoms with Crippen LogP contribution < -0.4 is 10.6 Å². The molecule has 0 atom stereocenters. The number of amides is 2. The number of hydrogen-bond acceptors (Lipinski definition) is 4. The fourth-order valence-corrected chi connectivity index (χ4v) is 2.71. The molecule has 29 heavy (non-hydrogen) atoms. The molecule has 0 saturated carbocycles. The molecule has 0 spiro atoms. The van der Waals surface area contributed by atoms with Crippen molar-refractivity contribution in [1.29, 1.82) is 5.26 Å². The van der Waals surface area contributed by atoms with Crippen LogP contribution in [0.4, 0.5) is 11.4 Å². The standard InChI is InChI=1S/C23H20N4O2/c1-15(2)16-10-12-18(13-11-16)25-22(28)20-8-5-9-21(26-20)23(29)27-19-7-4-3-6-17(19)14-24/h3-13,15H,1-2H3,(H,25,28)(H,27,29). The molecule has 0 fully saturated rings. The average Bonchev–Trinajstić information content (AvgIpc) is 2.74. The van der Waals surface area contributed by atoms with Crippen LogP contribution in [0, 0.1) is 11.3 Å². The zero-order valence-electron chi connectivity index (χ0n) is 16.1. The number of nitriles is 1. The minimum atomic E-state index is -0.497. The summed E-state index contributed by atoms with van der Waals surface area (Å²) in [6, 6.07) is 20.9. The highest BCUT2D eigenvalue weighted by molar-refractivity contribution is 6.06. The summed E-state index contributed by atoms with van der Waals surface area (Å²) in [6.45, 7) is 4.20. The van der Waals surface area contributed by atoms with Crippen LogP contribution in [0.15, 0.2) is 66.7 Å². The first-order valence-corrected chi connectivity index (χ1v) is 9.17. The molecule has 0 aliphatic heterocycles. The second-order valence-corrected chi connectivity index (χ2v) is 6.75. The van der Waals surface area contributed by atoms with E-state index in [0.29, 0.717) is 22.9 Å². The highest BCUT2D eigenvalue weighted by Gasteiger charge is 2.14. The van der Waals surface area contributed by atoms with Gasteiger partial charge in [0.1, 0.15) is 17.5 Å². The second kappa shape index (κ2) is 8.81. The summed E-state index contributed by atoms with van der Waals surface area (Å²) in [5.41, 5.74) is 2.78. The molecular formula is C23H20N4O2. The molecule has 6 nitrogen and oxygen atoms in total. The van der Waals surface area contributed by atoms with Crippen LogP contribution in [0.25, 0.3) is 0 Å². The molecule has 0 bridgehead atoms. The number of anilines is 2. The third-order valence-electron chi connectivity index (χ3n) is 4.35. The topological polar surface area (TPSA) is 94.9 Å². The number of carbonyl (C=O) groups is 2. The highest BCUT2D eigenvalue weighted by atomic mass is 16.2. The van der Waals surface area contributed by atoms with Gasteiger partial charge < -0.3 is 10.6 Å². The number of para-hydroxylation sites is 1. The summed E-state index contributed by atoms with van der Waals surface area (Å²) in [4.78, 5) is 29.2. The lowest BCUT2D eigenvalue weighted by molar-refractivity contribution is 0.101. The van der Waals surface area contributed by atoms with Gasteiger partial charge in [-0.2, -0.15) is 5.26 Å². The minimum Gasteiger partial charge on any atom is -0.321 e. The number of nitrogens with one attached hydrogen (secondary N) is 2. The summed E-state index contributed by atoms with van der Waals surface area (Å²) in [5.74, 6) is -0.499. The van der Waals surface area contributed by atoms with Crippen molar-refractivity contribution in [3.63, 3.8) is 0 Å². The van der Waals surface area contributed by atoms with Gasteiger partial charge in [-0.1, -0.05) is 44.2 Å². The number of carbonyl (C=O) groups excluding carboxylic acids is 2. The normalized spacial score (nSPS) is 10.3. The lowest BCUT2D eigenvalue weighted by Crippen LogP contribution is -2.18. The third kappa shape index (κ3) is 4.85. The van der Waals surface area contributed by atoms with E-state index in [1.807, 2.05) is 30.3 Å². The van der Waals surface area contributed by atoms with Gasteiger partial charge in [-0.3, -0.25) is 9.59 Å². The molecule has 0 aliphatic carbocycles. The van der Waals surface area contributed by atoms with Gasteiger partial charge in [0.25, 0.3) is 11.8 Å². The van der Waals surface area contributed by atoms with Crippen LogP contribution >= 0.6 is 0 Å². The van der Waals surface area contributed by atoms with Crippen molar-refractivity contribution < 1.29 is 9.59 Å². The van der Waals surface area contributed by atoms with Crippen molar-refractivity contribution in [2.45, 2.75) is 19.8 Å². The predicted molar refractivity (Wildman–Crippen MR) is 112 cm³/mol. The Labute approximate surface area is 169 Å². The lowest BCUT2D eigenvalue weighted by atomic mass is 10.0. The van der Waals surface area contributed by atoms with E-state index in [-0.39, 0.29) is 11.4 Å². The van der Waals surface area contributed by atoms with Crippen LogP contribution in [0.5, 0.6) is 0 Å². The van der Waals surface area contributed by atoms with Gasteiger partial charge in [-0.15, -0.1) is 0 Å². The Morgan fingerprint density at radius 3 is 2.10 bits per heavy atom. The van der Waals surface area contributed by atoms with Crippen LogP contribution in [-0.2, 0) is 0 Å². The molecule has 2 amide bonds. The quantitative estimate of drug-likeness (QED) is 0.673. The molecule has 1 aromatic heterocycles. The fourth-order valence-electron chi connectivity index (χ4n) is 2.71. The van der Waals surface area contributed by atoms with Gasteiger partial charge in [-0.05, 0) is 47.9 Å². The smallest absolute Gasteiger partial charge is 0.274 e. The van der Waals surface area contributed by atoms with Crippen LogP contribution in [0.1, 0.15) is 51.9 Å². The van der Waals surface area contributed by atoms with E-state index in [1.165, 1.54) is 17.7 Å². The first-order valence-electron chi connectivity index (χ1n) is 9.17. The maximum absolute atomic E-state index is 12.5. The number of pyridine rings is 1. The molecule has 1 heterocycles. The zero-order valence-corrected chi connectivity index (χ0v) is 16.1. The molecule has 0 unspecified atom stereocenters. The van der Waals surface area contributed by atoms with E-state index in [9.17, 15) is 9.59 Å². The Morgan fingerprint density at radius 1 is 0.862 bits per heavy atom. The van der Waals surface area contributed by atoms with Crippen molar-refractivity contribution in [2.75, 3.05) is 10.6 Å². The van der Waals surface area contributed by atoms with Crippen LogP contribution in [0.2, 0.25) is 0 Å². The van der Waals surface area contributed by atoms with Gasteiger partial charge >= 0.3 is 0 Å². The van der Waals surface area contributed by atoms with E-state index >= 15 is 0 Å². The van der Waals surface area contributed by atoms with Crippen molar-refractivity contribution >= 4 is 23.2 Å². The number of rotatable bonds is 5. The number of nitrogens with zero attached hydrogens (tertiary/aromatic N) is 2. The van der Waals surface area contributed by atoms with Crippen LogP contribution in [-0.4, -0.2) is 16.8 Å². The number of benzene rings is 2. The Balaban J connectivity index is 1.73. The fraction of sp³-hybridized carbons (Fsp3) is 0.130. The zero-order chi connectivity index (χ0) is 20.8. The maximum Gasteiger partial charge on any atom is 0.274 e. The largest absolute Gasteiger partial charge is 0.321 e. The summed E-state index contributed by atoms with van der Waals surface area (Å²) < 4.78 is 0. The number of hydrogen-bond donors (Lipinski definition) is 2. The molecule has 3 aromatic rings. The van der Waals surface area contributed by atoms with Crippen LogP contribution in [0.3, 0.4) is 0 Å². The Bertz CT molecular complexity index is 1080. The summed E-state index contributed by atoms with van der Waals surface area (Å²) >= 11 is 0. The van der Waals surface area contributed by atoms with Crippen molar-refractivity contribution in [2.24, 2.45) is 0 Å². The van der Waals surface area contributed by atoms with E-state index in [0.717, 1.165) is 0 Å². The summed E-state index contributed by atoms with van der Waals surface area (Å²) in [5, 5.41) is 14.6. The molecule has 0 radical (unpaired) electrons. The third-order valence-corrected chi connectivity index (χ3v) is 4.35. The molecule has 2 aromatic carbocycles. The van der Waals surface area contributed by atoms with Gasteiger partial charge in [0.05, 0.1) is 11.3 Å². The van der Waals surface area contributed by atoms with Crippen molar-refractivity contribution in [1.82, 2.24) is 4.98 Å². The van der Waals surface area contributed by atoms with Gasteiger partial charge in [0.2, 0.25) is 0 Å². The van der Waals surface area contributed by atoms with Gasteiger partial charge in [-0.25, -0.2) is 4.98 Å². The molecule has 3 rings (SSSR count). The molecule has 2 N–H and O–H groups in total. The van der Waals surface area contributed by atoms with E-state index in [2.05, 4.69) is 29.5 Å². The van der Waals surface area contributed by atoms with Gasteiger partial charge in [0.15, 0.2) is 0 Å². The Morgan fingerprint density at radius 2 is 1.48 bits per heavy atom. The van der Waals surface area contributed by atoms with Gasteiger partial charge in [0, 0.05) is 5.69 Å². The molecular weight excluding hydrogens is 364 g/mol. The predicted octanol–water partition coefficient (Wildman–Crippen LogP) is 4.58. The minimum absolute atomic E-state index is 0.0838. The summed E-state index contributed by atoms with van der Waals surface area (Å²) in [6.07, 6.45) is 0.